The van der Waals surface area contributed by atoms with Crippen molar-refractivity contribution in [3.63, 3.8) is 0 Å². The van der Waals surface area contributed by atoms with Gasteiger partial charge in [0, 0.05) is 12.8 Å². The monoisotopic (exact) mass is 574 g/mol. The smallest absolute Gasteiger partial charge is 0.326 e. The molecular formula is C32H38N4O6. The zero-order valence-electron chi connectivity index (χ0n) is 23.7. The molecule has 3 amide bonds. The lowest BCUT2D eigenvalue weighted by Crippen LogP contribution is -2.58. The molecule has 222 valence electrons. The minimum atomic E-state index is -1.19. The van der Waals surface area contributed by atoms with Crippen molar-refractivity contribution < 1.29 is 29.4 Å². The number of carbonyl (C=O) groups is 4. The molecule has 0 aliphatic heterocycles. The molecule has 0 saturated heterocycles. The van der Waals surface area contributed by atoms with Crippen LogP contribution in [0.3, 0.4) is 0 Å². The number of carboxylic acid groups (broad SMARTS) is 1. The van der Waals surface area contributed by atoms with E-state index in [9.17, 15) is 29.4 Å². The number of aromatic hydroxyl groups is 1. The molecule has 0 aliphatic rings. The van der Waals surface area contributed by atoms with Gasteiger partial charge >= 0.3 is 5.97 Å². The fourth-order valence-electron chi connectivity index (χ4n) is 4.42. The minimum absolute atomic E-state index is 0.0476. The maximum Gasteiger partial charge on any atom is 0.326 e. The Hall–Kier alpha value is -4.70. The molecule has 4 atom stereocenters. The highest BCUT2D eigenvalue weighted by Gasteiger charge is 2.31. The first kappa shape index (κ1) is 31.8. The van der Waals surface area contributed by atoms with E-state index in [1.807, 2.05) is 36.4 Å². The van der Waals surface area contributed by atoms with Crippen molar-refractivity contribution in [3.05, 3.63) is 102 Å². The van der Waals surface area contributed by atoms with Crippen LogP contribution in [-0.2, 0) is 38.4 Å². The summed E-state index contributed by atoms with van der Waals surface area (Å²) in [6.07, 6.45) is 0.403. The van der Waals surface area contributed by atoms with Crippen LogP contribution < -0.4 is 21.7 Å². The number of carboxylic acids is 1. The second-order valence-corrected chi connectivity index (χ2v) is 10.5. The van der Waals surface area contributed by atoms with E-state index < -0.39 is 53.8 Å². The van der Waals surface area contributed by atoms with Crippen molar-refractivity contribution in [2.45, 2.75) is 57.3 Å². The van der Waals surface area contributed by atoms with Crippen molar-refractivity contribution in [2.75, 3.05) is 0 Å². The van der Waals surface area contributed by atoms with Gasteiger partial charge in [0.2, 0.25) is 17.7 Å². The van der Waals surface area contributed by atoms with Gasteiger partial charge in [0.1, 0.15) is 23.9 Å². The third-order valence-electron chi connectivity index (χ3n) is 6.79. The number of nitrogens with two attached hydrogens (primary N) is 1. The summed E-state index contributed by atoms with van der Waals surface area (Å²) in [5.41, 5.74) is 8.44. The molecule has 3 aromatic carbocycles. The number of amides is 3. The molecule has 0 spiro atoms. The SMILES string of the molecule is CC(C)C(NC(=O)C(Cc1ccccc1)NC(=O)C(Cc1ccc(O)cc1)NC(=O)C(N)Cc1ccccc1)C(=O)O. The molecule has 4 unspecified atom stereocenters. The zero-order valence-corrected chi connectivity index (χ0v) is 23.7. The predicted molar refractivity (Wildman–Crippen MR) is 158 cm³/mol. The first-order valence-electron chi connectivity index (χ1n) is 13.8. The van der Waals surface area contributed by atoms with Crippen LogP contribution in [0.4, 0.5) is 0 Å². The summed E-state index contributed by atoms with van der Waals surface area (Å²) in [5.74, 6) is -3.39. The average Bonchev–Trinajstić information content (AvgIpc) is 2.96. The number of benzene rings is 3. The Morgan fingerprint density at radius 1 is 0.643 bits per heavy atom. The van der Waals surface area contributed by atoms with Gasteiger partial charge in [-0.25, -0.2) is 4.79 Å². The molecule has 0 aromatic heterocycles. The summed E-state index contributed by atoms with van der Waals surface area (Å²) in [6.45, 7) is 3.34. The van der Waals surface area contributed by atoms with Gasteiger partial charge in [0.25, 0.3) is 0 Å². The molecule has 7 N–H and O–H groups in total. The van der Waals surface area contributed by atoms with Crippen LogP contribution in [0, 0.1) is 5.92 Å². The summed E-state index contributed by atoms with van der Waals surface area (Å²) in [4.78, 5) is 51.9. The van der Waals surface area contributed by atoms with E-state index in [1.165, 1.54) is 12.1 Å². The van der Waals surface area contributed by atoms with Gasteiger partial charge in [-0.3, -0.25) is 14.4 Å². The Morgan fingerprint density at radius 3 is 1.55 bits per heavy atom. The third kappa shape index (κ3) is 9.74. The number of carbonyl (C=O) groups excluding carboxylic acids is 3. The summed E-state index contributed by atoms with van der Waals surface area (Å²) in [5, 5.41) is 27.3. The van der Waals surface area contributed by atoms with E-state index in [4.69, 9.17) is 5.73 Å². The summed E-state index contributed by atoms with van der Waals surface area (Å²) in [7, 11) is 0. The topological polar surface area (TPSA) is 171 Å². The van der Waals surface area contributed by atoms with Gasteiger partial charge in [0.05, 0.1) is 6.04 Å². The van der Waals surface area contributed by atoms with Crippen LogP contribution in [-0.4, -0.2) is 58.1 Å². The Balaban J connectivity index is 1.84. The second kappa shape index (κ2) is 15.3. The lowest BCUT2D eigenvalue weighted by molar-refractivity contribution is -0.143. The van der Waals surface area contributed by atoms with Gasteiger partial charge in [-0.1, -0.05) is 86.6 Å². The van der Waals surface area contributed by atoms with Gasteiger partial charge < -0.3 is 31.9 Å². The Morgan fingerprint density at radius 2 is 1.07 bits per heavy atom. The van der Waals surface area contributed by atoms with Crippen LogP contribution in [0.25, 0.3) is 0 Å². The number of phenolic OH excluding ortho intramolecular Hbond substituents is 1. The first-order valence-corrected chi connectivity index (χ1v) is 13.8. The molecule has 42 heavy (non-hydrogen) atoms. The van der Waals surface area contributed by atoms with Crippen LogP contribution in [0.15, 0.2) is 84.9 Å². The average molecular weight is 575 g/mol. The molecule has 0 bridgehead atoms. The van der Waals surface area contributed by atoms with Crippen molar-refractivity contribution in [3.8, 4) is 5.75 Å². The van der Waals surface area contributed by atoms with E-state index >= 15 is 0 Å². The van der Waals surface area contributed by atoms with Gasteiger partial charge in [-0.2, -0.15) is 0 Å². The lowest BCUT2D eigenvalue weighted by Gasteiger charge is -2.26. The Bertz CT molecular complexity index is 1330. The van der Waals surface area contributed by atoms with Crippen LogP contribution in [0.5, 0.6) is 5.75 Å². The molecule has 0 fully saturated rings. The standard InChI is InChI=1S/C32H38N4O6/c1-20(2)28(32(41)42)36-31(40)27(18-22-11-7-4-8-12-22)35-30(39)26(19-23-13-15-24(37)16-14-23)34-29(38)25(33)17-21-9-5-3-6-10-21/h3-16,20,25-28,37H,17-19,33H2,1-2H3,(H,34,38)(H,35,39)(H,36,40)(H,41,42). The second-order valence-electron chi connectivity index (χ2n) is 10.5. The largest absolute Gasteiger partial charge is 0.508 e. The molecule has 0 heterocycles. The summed E-state index contributed by atoms with van der Waals surface area (Å²) in [6, 6.07) is 20.1. The van der Waals surface area contributed by atoms with Crippen molar-refractivity contribution in [1.82, 2.24) is 16.0 Å². The fraction of sp³-hybridized carbons (Fsp3) is 0.312. The normalized spacial score (nSPS) is 13.8. The number of rotatable bonds is 14. The maximum absolute atomic E-state index is 13.7. The molecule has 3 aromatic rings. The first-order chi connectivity index (χ1) is 20.0. The molecular weight excluding hydrogens is 536 g/mol. The van der Waals surface area contributed by atoms with Crippen molar-refractivity contribution in [2.24, 2.45) is 11.7 Å². The van der Waals surface area contributed by atoms with E-state index in [0.29, 0.717) is 5.56 Å². The number of hydrogen-bond donors (Lipinski definition) is 6. The van der Waals surface area contributed by atoms with E-state index in [1.54, 1.807) is 50.2 Å². The van der Waals surface area contributed by atoms with Crippen molar-refractivity contribution >= 4 is 23.7 Å². The van der Waals surface area contributed by atoms with Gasteiger partial charge in [0.15, 0.2) is 0 Å². The quantitative estimate of drug-likeness (QED) is 0.171. The number of nitrogens with one attached hydrogen (secondary N) is 3. The van der Waals surface area contributed by atoms with Gasteiger partial charge in [-0.15, -0.1) is 0 Å². The third-order valence-corrected chi connectivity index (χ3v) is 6.79. The van der Waals surface area contributed by atoms with Gasteiger partial charge in [-0.05, 0) is 41.2 Å². The molecule has 10 heteroatoms. The highest BCUT2D eigenvalue weighted by Crippen LogP contribution is 2.13. The number of phenols is 1. The minimum Gasteiger partial charge on any atom is -0.508 e. The summed E-state index contributed by atoms with van der Waals surface area (Å²) >= 11 is 0. The Kier molecular flexibility index (Phi) is 11.6. The van der Waals surface area contributed by atoms with E-state index in [2.05, 4.69) is 16.0 Å². The Labute approximate surface area is 245 Å². The van der Waals surface area contributed by atoms with Crippen LogP contribution in [0.2, 0.25) is 0 Å². The van der Waals surface area contributed by atoms with Crippen molar-refractivity contribution in [1.29, 1.82) is 0 Å². The fourth-order valence-corrected chi connectivity index (χ4v) is 4.42. The molecule has 0 saturated carbocycles. The number of aliphatic carboxylic acids is 1. The predicted octanol–water partition coefficient (Wildman–Crippen LogP) is 1.94. The zero-order chi connectivity index (χ0) is 30.6. The molecule has 3 rings (SSSR count). The lowest BCUT2D eigenvalue weighted by atomic mass is 10.00. The highest BCUT2D eigenvalue weighted by molar-refractivity contribution is 5.94. The highest BCUT2D eigenvalue weighted by atomic mass is 16.4. The van der Waals surface area contributed by atoms with E-state index in [0.717, 1.165) is 11.1 Å². The molecule has 0 radical (unpaired) electrons. The summed E-state index contributed by atoms with van der Waals surface area (Å²) < 4.78 is 0. The number of hydrogen-bond acceptors (Lipinski definition) is 6. The van der Waals surface area contributed by atoms with E-state index in [-0.39, 0.29) is 25.0 Å². The van der Waals surface area contributed by atoms with Crippen LogP contribution in [0.1, 0.15) is 30.5 Å². The molecule has 0 aliphatic carbocycles. The maximum atomic E-state index is 13.7. The molecule has 10 nitrogen and oxygen atoms in total. The van der Waals surface area contributed by atoms with Crippen LogP contribution >= 0.6 is 0 Å².